The second-order valence-electron chi connectivity index (χ2n) is 7.47. The molecular weight excluding hydrogens is 418 g/mol. The lowest BCUT2D eigenvalue weighted by Gasteiger charge is -2.14. The van der Waals surface area contributed by atoms with E-state index in [2.05, 4.69) is 10.3 Å². The van der Waals surface area contributed by atoms with Gasteiger partial charge in [-0.3, -0.25) is 19.4 Å². The first-order valence-corrected chi connectivity index (χ1v) is 10.5. The molecule has 0 spiro atoms. The Kier molecular flexibility index (Phi) is 5.06. The molecule has 162 valence electrons. The Labute approximate surface area is 189 Å². The normalized spacial score (nSPS) is 12.7. The second-order valence-corrected chi connectivity index (χ2v) is 7.47. The fourth-order valence-electron chi connectivity index (χ4n) is 3.87. The molecule has 5 rings (SSSR count). The molecule has 0 fully saturated rings. The van der Waals surface area contributed by atoms with E-state index < -0.39 is 17.7 Å². The highest BCUT2D eigenvalue weighted by Crippen LogP contribution is 2.30. The molecular formula is C26H19N3O4. The lowest BCUT2D eigenvalue weighted by Crippen LogP contribution is -2.29. The topological polar surface area (TPSA) is 88.6 Å². The SMILES string of the molecule is CCOc1ccc(N2C(=O)c3ccc(C(=O)Nc4cccc5cccnc45)cc3C2=O)cc1. The monoisotopic (exact) mass is 437 g/mol. The van der Waals surface area contributed by atoms with Crippen LogP contribution in [-0.2, 0) is 0 Å². The summed E-state index contributed by atoms with van der Waals surface area (Å²) in [5.74, 6) is -0.638. The summed E-state index contributed by atoms with van der Waals surface area (Å²) in [6, 6.07) is 20.5. The summed E-state index contributed by atoms with van der Waals surface area (Å²) in [5.41, 5.74) is 2.41. The van der Waals surface area contributed by atoms with Gasteiger partial charge in [0.05, 0.1) is 34.6 Å². The molecule has 2 heterocycles. The van der Waals surface area contributed by atoms with Crippen LogP contribution in [0.3, 0.4) is 0 Å². The number of pyridine rings is 1. The number of ether oxygens (including phenoxy) is 1. The molecule has 33 heavy (non-hydrogen) atoms. The molecule has 0 unspecified atom stereocenters. The highest BCUT2D eigenvalue weighted by Gasteiger charge is 2.37. The molecule has 0 saturated carbocycles. The third-order valence-electron chi connectivity index (χ3n) is 5.44. The summed E-state index contributed by atoms with van der Waals surface area (Å²) >= 11 is 0. The van der Waals surface area contributed by atoms with Gasteiger partial charge in [0.25, 0.3) is 17.7 Å². The van der Waals surface area contributed by atoms with Gasteiger partial charge in [-0.05, 0) is 61.5 Å². The van der Waals surface area contributed by atoms with Gasteiger partial charge in [-0.1, -0.05) is 18.2 Å². The smallest absolute Gasteiger partial charge is 0.266 e. The van der Waals surface area contributed by atoms with Crippen molar-refractivity contribution in [1.82, 2.24) is 4.98 Å². The zero-order valence-corrected chi connectivity index (χ0v) is 17.7. The summed E-state index contributed by atoms with van der Waals surface area (Å²) in [4.78, 5) is 44.3. The maximum atomic E-state index is 13.1. The average molecular weight is 437 g/mol. The van der Waals surface area contributed by atoms with Crippen molar-refractivity contribution < 1.29 is 19.1 Å². The maximum Gasteiger partial charge on any atom is 0.266 e. The van der Waals surface area contributed by atoms with Crippen LogP contribution in [0.4, 0.5) is 11.4 Å². The molecule has 3 aromatic carbocycles. The van der Waals surface area contributed by atoms with Crippen molar-refractivity contribution in [1.29, 1.82) is 0 Å². The van der Waals surface area contributed by atoms with E-state index >= 15 is 0 Å². The van der Waals surface area contributed by atoms with E-state index in [0.717, 1.165) is 10.3 Å². The van der Waals surface area contributed by atoms with Crippen molar-refractivity contribution in [3.63, 3.8) is 0 Å². The first-order chi connectivity index (χ1) is 16.1. The van der Waals surface area contributed by atoms with Crippen molar-refractivity contribution in [3.05, 3.63) is 95.7 Å². The van der Waals surface area contributed by atoms with Gasteiger partial charge in [0, 0.05) is 17.1 Å². The van der Waals surface area contributed by atoms with Crippen LogP contribution in [-0.4, -0.2) is 29.3 Å². The van der Waals surface area contributed by atoms with E-state index in [1.807, 2.05) is 31.2 Å². The highest BCUT2D eigenvalue weighted by molar-refractivity contribution is 6.34. The number of fused-ring (bicyclic) bond motifs is 2. The van der Waals surface area contributed by atoms with Crippen LogP contribution in [0.25, 0.3) is 10.9 Å². The van der Waals surface area contributed by atoms with Crippen LogP contribution in [0.1, 0.15) is 38.0 Å². The number of hydrogen-bond acceptors (Lipinski definition) is 5. The molecule has 1 aliphatic heterocycles. The predicted molar refractivity (Wildman–Crippen MR) is 125 cm³/mol. The van der Waals surface area contributed by atoms with E-state index in [4.69, 9.17) is 4.74 Å². The number of nitrogens with one attached hydrogen (secondary N) is 1. The Morgan fingerprint density at radius 3 is 2.48 bits per heavy atom. The largest absolute Gasteiger partial charge is 0.494 e. The van der Waals surface area contributed by atoms with Crippen LogP contribution >= 0.6 is 0 Å². The number of carbonyl (C=O) groups excluding carboxylic acids is 3. The molecule has 1 aliphatic rings. The van der Waals surface area contributed by atoms with Crippen LogP contribution in [0.2, 0.25) is 0 Å². The van der Waals surface area contributed by atoms with E-state index in [1.165, 1.54) is 12.1 Å². The van der Waals surface area contributed by atoms with E-state index in [1.54, 1.807) is 42.6 Å². The van der Waals surface area contributed by atoms with Crippen molar-refractivity contribution in [2.45, 2.75) is 6.92 Å². The van der Waals surface area contributed by atoms with Crippen molar-refractivity contribution in [2.75, 3.05) is 16.8 Å². The molecule has 1 aromatic heterocycles. The van der Waals surface area contributed by atoms with Crippen molar-refractivity contribution in [3.8, 4) is 5.75 Å². The fraction of sp³-hybridized carbons (Fsp3) is 0.0769. The van der Waals surface area contributed by atoms with Gasteiger partial charge >= 0.3 is 0 Å². The summed E-state index contributed by atoms with van der Waals surface area (Å²) in [5, 5.41) is 3.75. The number of para-hydroxylation sites is 1. The molecule has 0 radical (unpaired) electrons. The van der Waals surface area contributed by atoms with Gasteiger partial charge in [0.15, 0.2) is 0 Å². The Balaban J connectivity index is 1.42. The Morgan fingerprint density at radius 2 is 1.70 bits per heavy atom. The van der Waals surface area contributed by atoms with Gasteiger partial charge in [0.2, 0.25) is 0 Å². The minimum Gasteiger partial charge on any atom is -0.494 e. The van der Waals surface area contributed by atoms with Crippen LogP contribution in [0.15, 0.2) is 79.0 Å². The lowest BCUT2D eigenvalue weighted by molar-refractivity contribution is 0.0925. The first-order valence-electron chi connectivity index (χ1n) is 10.5. The number of carbonyl (C=O) groups is 3. The van der Waals surface area contributed by atoms with E-state index in [0.29, 0.717) is 29.2 Å². The quantitative estimate of drug-likeness (QED) is 0.458. The minimum absolute atomic E-state index is 0.192. The molecule has 0 bridgehead atoms. The standard InChI is InChI=1S/C26H19N3O4/c1-2-33-19-11-9-18(10-12-19)29-25(31)20-13-8-17(15-21(20)26(29)32)24(30)28-22-7-3-5-16-6-4-14-27-23(16)22/h3-15H,2H2,1H3,(H,28,30). The number of imide groups is 1. The number of aromatic nitrogens is 1. The van der Waals surface area contributed by atoms with Crippen molar-refractivity contribution >= 4 is 40.0 Å². The second kappa shape index (κ2) is 8.20. The van der Waals surface area contributed by atoms with Gasteiger partial charge in [-0.15, -0.1) is 0 Å². The molecule has 7 nitrogen and oxygen atoms in total. The molecule has 0 saturated heterocycles. The number of rotatable bonds is 5. The molecule has 7 heteroatoms. The van der Waals surface area contributed by atoms with E-state index in [-0.39, 0.29) is 16.7 Å². The van der Waals surface area contributed by atoms with Gasteiger partial charge < -0.3 is 10.1 Å². The van der Waals surface area contributed by atoms with Gasteiger partial charge in [-0.25, -0.2) is 4.90 Å². The highest BCUT2D eigenvalue weighted by atomic mass is 16.5. The number of benzene rings is 3. The summed E-state index contributed by atoms with van der Waals surface area (Å²) < 4.78 is 5.42. The molecule has 0 aliphatic carbocycles. The lowest BCUT2D eigenvalue weighted by atomic mass is 10.1. The number of anilines is 2. The van der Waals surface area contributed by atoms with Gasteiger partial charge in [0.1, 0.15) is 5.75 Å². The molecule has 0 atom stereocenters. The number of nitrogens with zero attached hydrogens (tertiary/aromatic N) is 2. The molecule has 4 aromatic rings. The molecule has 1 N–H and O–H groups in total. The summed E-state index contributed by atoms with van der Waals surface area (Å²) in [6.45, 7) is 2.40. The Morgan fingerprint density at radius 1 is 0.939 bits per heavy atom. The van der Waals surface area contributed by atoms with E-state index in [9.17, 15) is 14.4 Å². The third-order valence-corrected chi connectivity index (χ3v) is 5.44. The van der Waals surface area contributed by atoms with Gasteiger partial charge in [-0.2, -0.15) is 0 Å². The molecule has 3 amide bonds. The zero-order valence-electron chi connectivity index (χ0n) is 17.7. The number of amides is 3. The third kappa shape index (κ3) is 3.59. The first kappa shape index (κ1) is 20.4. The maximum absolute atomic E-state index is 13.1. The Hall–Kier alpha value is -4.52. The zero-order chi connectivity index (χ0) is 22.9. The van der Waals surface area contributed by atoms with Crippen LogP contribution < -0.4 is 15.0 Å². The fourth-order valence-corrected chi connectivity index (χ4v) is 3.87. The number of hydrogen-bond donors (Lipinski definition) is 1. The minimum atomic E-state index is -0.472. The summed E-state index contributed by atoms with van der Waals surface area (Å²) in [7, 11) is 0. The Bertz CT molecular complexity index is 1410. The summed E-state index contributed by atoms with van der Waals surface area (Å²) in [6.07, 6.45) is 1.66. The van der Waals surface area contributed by atoms with Crippen LogP contribution in [0.5, 0.6) is 5.75 Å². The van der Waals surface area contributed by atoms with Crippen LogP contribution in [0, 0.1) is 0 Å². The van der Waals surface area contributed by atoms with Crippen molar-refractivity contribution in [2.24, 2.45) is 0 Å². The average Bonchev–Trinajstić information content (AvgIpc) is 3.09. The predicted octanol–water partition coefficient (Wildman–Crippen LogP) is 4.69.